The van der Waals surface area contributed by atoms with Crippen molar-refractivity contribution in [2.45, 2.75) is 31.1 Å². The standard InChI is InChI=1S/C16H24N2OS/c1-12-11-18(2)9-8-14(12)17-16(19)15(20)10-13-6-4-3-5-7-13/h3-7,12,14-15,20H,8-11H2,1-2H3,(H,17,19). The molecule has 20 heavy (non-hydrogen) atoms. The summed E-state index contributed by atoms with van der Waals surface area (Å²) in [4.78, 5) is 14.6. The van der Waals surface area contributed by atoms with Crippen LogP contribution in [0.15, 0.2) is 30.3 Å². The molecule has 110 valence electrons. The number of nitrogens with one attached hydrogen (secondary N) is 1. The van der Waals surface area contributed by atoms with Crippen LogP contribution in [-0.4, -0.2) is 42.2 Å². The highest BCUT2D eigenvalue weighted by Crippen LogP contribution is 2.16. The molecule has 1 heterocycles. The van der Waals surface area contributed by atoms with Gasteiger partial charge in [-0.25, -0.2) is 0 Å². The van der Waals surface area contributed by atoms with Crippen LogP contribution in [0.2, 0.25) is 0 Å². The largest absolute Gasteiger partial charge is 0.352 e. The van der Waals surface area contributed by atoms with E-state index in [-0.39, 0.29) is 17.2 Å². The van der Waals surface area contributed by atoms with Crippen molar-refractivity contribution in [2.75, 3.05) is 20.1 Å². The van der Waals surface area contributed by atoms with Gasteiger partial charge in [0.05, 0.1) is 5.25 Å². The Hall–Kier alpha value is -1.00. The normalized spacial score (nSPS) is 25.1. The van der Waals surface area contributed by atoms with Crippen molar-refractivity contribution in [1.82, 2.24) is 10.2 Å². The summed E-state index contributed by atoms with van der Waals surface area (Å²) in [7, 11) is 2.13. The first-order valence-corrected chi connectivity index (χ1v) is 7.79. The molecule has 0 aromatic heterocycles. The van der Waals surface area contributed by atoms with Crippen LogP contribution in [0, 0.1) is 5.92 Å². The number of carbonyl (C=O) groups excluding carboxylic acids is 1. The van der Waals surface area contributed by atoms with Crippen LogP contribution in [0.4, 0.5) is 0 Å². The molecule has 3 unspecified atom stereocenters. The first-order chi connectivity index (χ1) is 9.56. The Morgan fingerprint density at radius 1 is 1.45 bits per heavy atom. The topological polar surface area (TPSA) is 32.3 Å². The molecule has 1 aromatic rings. The second kappa shape index (κ2) is 7.14. The molecular weight excluding hydrogens is 268 g/mol. The number of rotatable bonds is 4. The molecule has 0 spiro atoms. The van der Waals surface area contributed by atoms with Gasteiger partial charge in [-0.2, -0.15) is 12.6 Å². The van der Waals surface area contributed by atoms with Gasteiger partial charge in [0, 0.05) is 12.6 Å². The molecule has 0 bridgehead atoms. The molecule has 0 saturated carbocycles. The summed E-state index contributed by atoms with van der Waals surface area (Å²) >= 11 is 4.46. The Balaban J connectivity index is 1.85. The predicted octanol–water partition coefficient (Wildman–Crippen LogP) is 1.98. The minimum Gasteiger partial charge on any atom is -0.352 e. The molecule has 1 aromatic carbocycles. The summed E-state index contributed by atoms with van der Waals surface area (Å²) < 4.78 is 0. The van der Waals surface area contributed by atoms with E-state index in [4.69, 9.17) is 0 Å². The molecule has 2 rings (SSSR count). The first kappa shape index (κ1) is 15.4. The number of benzene rings is 1. The molecule has 1 fully saturated rings. The zero-order valence-corrected chi connectivity index (χ0v) is 13.1. The molecule has 0 radical (unpaired) electrons. The molecule has 1 saturated heterocycles. The monoisotopic (exact) mass is 292 g/mol. The van der Waals surface area contributed by atoms with E-state index in [0.29, 0.717) is 12.3 Å². The summed E-state index contributed by atoms with van der Waals surface area (Å²) in [6.45, 7) is 4.29. The van der Waals surface area contributed by atoms with Crippen molar-refractivity contribution in [3.63, 3.8) is 0 Å². The van der Waals surface area contributed by atoms with Gasteiger partial charge in [-0.3, -0.25) is 4.79 Å². The molecule has 3 nitrogen and oxygen atoms in total. The third-order valence-corrected chi connectivity index (χ3v) is 4.43. The average Bonchev–Trinajstić information content (AvgIpc) is 2.43. The van der Waals surface area contributed by atoms with Crippen molar-refractivity contribution in [3.05, 3.63) is 35.9 Å². The highest BCUT2D eigenvalue weighted by Gasteiger charge is 2.27. The fraction of sp³-hybridized carbons (Fsp3) is 0.562. The third-order valence-electron chi connectivity index (χ3n) is 4.01. The Bertz CT molecular complexity index is 437. The number of nitrogens with zero attached hydrogens (tertiary/aromatic N) is 1. The van der Waals surface area contributed by atoms with Gasteiger partial charge in [0.2, 0.25) is 5.91 Å². The van der Waals surface area contributed by atoms with E-state index in [1.165, 1.54) is 0 Å². The van der Waals surface area contributed by atoms with E-state index < -0.39 is 0 Å². The number of carbonyl (C=O) groups is 1. The Kier molecular flexibility index (Phi) is 5.49. The van der Waals surface area contributed by atoms with Crippen LogP contribution < -0.4 is 5.32 Å². The SMILES string of the molecule is CC1CN(C)CCC1NC(=O)C(S)Cc1ccccc1. The van der Waals surface area contributed by atoms with Crippen LogP contribution in [0.25, 0.3) is 0 Å². The van der Waals surface area contributed by atoms with Crippen LogP contribution in [0.5, 0.6) is 0 Å². The minimum atomic E-state index is -0.274. The molecular formula is C16H24N2OS. The second-order valence-electron chi connectivity index (χ2n) is 5.85. The summed E-state index contributed by atoms with van der Waals surface area (Å²) in [6, 6.07) is 10.3. The van der Waals surface area contributed by atoms with E-state index in [1.54, 1.807) is 0 Å². The second-order valence-corrected chi connectivity index (χ2v) is 6.47. The zero-order valence-electron chi connectivity index (χ0n) is 12.2. The molecule has 1 aliphatic rings. The summed E-state index contributed by atoms with van der Waals surface area (Å²) in [6.07, 6.45) is 1.70. The number of piperidine rings is 1. The highest BCUT2D eigenvalue weighted by molar-refractivity contribution is 7.81. The van der Waals surface area contributed by atoms with Crippen LogP contribution in [0.3, 0.4) is 0 Å². The number of hydrogen-bond acceptors (Lipinski definition) is 3. The van der Waals surface area contributed by atoms with Gasteiger partial charge in [0.15, 0.2) is 0 Å². The maximum atomic E-state index is 12.2. The highest BCUT2D eigenvalue weighted by atomic mass is 32.1. The zero-order chi connectivity index (χ0) is 14.5. The van der Waals surface area contributed by atoms with Crippen molar-refractivity contribution in [3.8, 4) is 0 Å². The van der Waals surface area contributed by atoms with Gasteiger partial charge < -0.3 is 10.2 Å². The van der Waals surface area contributed by atoms with Crippen molar-refractivity contribution in [1.29, 1.82) is 0 Å². The summed E-state index contributed by atoms with van der Waals surface area (Å²) in [5.74, 6) is 0.550. The fourth-order valence-corrected chi connectivity index (χ4v) is 3.06. The van der Waals surface area contributed by atoms with Gasteiger partial charge in [0.1, 0.15) is 0 Å². The number of hydrogen-bond donors (Lipinski definition) is 2. The Labute approximate surface area is 127 Å². The van der Waals surface area contributed by atoms with Gasteiger partial charge in [0.25, 0.3) is 0 Å². The van der Waals surface area contributed by atoms with E-state index in [0.717, 1.165) is 25.1 Å². The van der Waals surface area contributed by atoms with E-state index >= 15 is 0 Å². The smallest absolute Gasteiger partial charge is 0.233 e. The molecule has 1 aliphatic heterocycles. The maximum absolute atomic E-state index is 12.2. The minimum absolute atomic E-state index is 0.0542. The van der Waals surface area contributed by atoms with Crippen LogP contribution in [-0.2, 0) is 11.2 Å². The summed E-state index contributed by atoms with van der Waals surface area (Å²) in [5, 5.41) is 2.89. The maximum Gasteiger partial charge on any atom is 0.233 e. The van der Waals surface area contributed by atoms with Crippen LogP contribution in [0.1, 0.15) is 18.9 Å². The number of amides is 1. The molecule has 3 atom stereocenters. The Morgan fingerprint density at radius 3 is 2.80 bits per heavy atom. The number of thiol groups is 1. The van der Waals surface area contributed by atoms with Gasteiger partial charge in [-0.05, 0) is 37.9 Å². The van der Waals surface area contributed by atoms with Gasteiger partial charge in [-0.15, -0.1) is 0 Å². The quantitative estimate of drug-likeness (QED) is 0.832. The average molecular weight is 292 g/mol. The van der Waals surface area contributed by atoms with Crippen molar-refractivity contribution < 1.29 is 4.79 Å². The van der Waals surface area contributed by atoms with E-state index in [9.17, 15) is 4.79 Å². The van der Waals surface area contributed by atoms with Crippen molar-refractivity contribution >= 4 is 18.5 Å². The Morgan fingerprint density at radius 2 is 2.15 bits per heavy atom. The summed E-state index contributed by atoms with van der Waals surface area (Å²) in [5.41, 5.74) is 1.15. The molecule has 1 N–H and O–H groups in total. The lowest BCUT2D eigenvalue weighted by Crippen LogP contribution is -2.50. The van der Waals surface area contributed by atoms with E-state index in [2.05, 4.69) is 36.8 Å². The van der Waals surface area contributed by atoms with E-state index in [1.807, 2.05) is 30.3 Å². The molecule has 4 heteroatoms. The lowest BCUT2D eigenvalue weighted by Gasteiger charge is -2.35. The molecule has 1 amide bonds. The lowest BCUT2D eigenvalue weighted by molar-refractivity contribution is -0.121. The third kappa shape index (κ3) is 4.25. The van der Waals surface area contributed by atoms with Crippen LogP contribution >= 0.6 is 12.6 Å². The van der Waals surface area contributed by atoms with Gasteiger partial charge in [-0.1, -0.05) is 37.3 Å². The predicted molar refractivity (Wildman–Crippen MR) is 86.1 cm³/mol. The first-order valence-electron chi connectivity index (χ1n) is 7.27. The lowest BCUT2D eigenvalue weighted by atomic mass is 9.94. The van der Waals surface area contributed by atoms with Crippen molar-refractivity contribution in [2.24, 2.45) is 5.92 Å². The fourth-order valence-electron chi connectivity index (χ4n) is 2.78. The number of likely N-dealkylation sites (tertiary alicyclic amines) is 1. The molecule has 0 aliphatic carbocycles. The van der Waals surface area contributed by atoms with Gasteiger partial charge >= 0.3 is 0 Å².